The molecule has 1 heterocycles. The molecule has 0 aliphatic rings. The van der Waals surface area contributed by atoms with Crippen molar-refractivity contribution in [3.8, 4) is 5.75 Å². The van der Waals surface area contributed by atoms with Gasteiger partial charge < -0.3 is 20.5 Å². The summed E-state index contributed by atoms with van der Waals surface area (Å²) in [7, 11) is 0. The van der Waals surface area contributed by atoms with E-state index in [0.29, 0.717) is 12.2 Å². The molecule has 0 aromatic carbocycles. The summed E-state index contributed by atoms with van der Waals surface area (Å²) < 4.78 is 5.19. The number of amides is 2. The van der Waals surface area contributed by atoms with Gasteiger partial charge in [0.05, 0.1) is 6.20 Å². The molecule has 1 atom stereocenters. The molecule has 0 saturated carbocycles. The van der Waals surface area contributed by atoms with Crippen LogP contribution in [-0.4, -0.2) is 40.3 Å². The van der Waals surface area contributed by atoms with Crippen LogP contribution in [0.15, 0.2) is 18.3 Å². The molecule has 0 spiro atoms. The molecule has 0 bridgehead atoms. The first-order valence-corrected chi connectivity index (χ1v) is 7.62. The summed E-state index contributed by atoms with van der Waals surface area (Å²) in [5.74, 6) is -0.256. The number of aromatic hydroxyl groups is 1. The summed E-state index contributed by atoms with van der Waals surface area (Å²) in [4.78, 5) is 28.2. The topological polar surface area (TPSA) is 101 Å². The standard InChI is InChI=1S/C16H25N3O4/c1-5-8-17-14(21)13(19-15(22)23-16(2,3)4)9-11-6-7-12(20)10-18-11/h6-7,10,13,20H,5,8-9H2,1-4H3,(H,17,21)(H,19,22). The van der Waals surface area contributed by atoms with Crippen molar-refractivity contribution in [2.75, 3.05) is 6.54 Å². The molecule has 0 aliphatic carbocycles. The van der Waals surface area contributed by atoms with E-state index < -0.39 is 17.7 Å². The molecule has 1 aromatic rings. The number of nitrogens with zero attached hydrogens (tertiary/aromatic N) is 1. The predicted molar refractivity (Wildman–Crippen MR) is 86.1 cm³/mol. The molecule has 0 radical (unpaired) electrons. The van der Waals surface area contributed by atoms with Crippen LogP contribution in [0.3, 0.4) is 0 Å². The Bertz CT molecular complexity index is 523. The summed E-state index contributed by atoms with van der Waals surface area (Å²) in [6.07, 6.45) is 1.63. The molecule has 1 rings (SSSR count). The van der Waals surface area contributed by atoms with Crippen LogP contribution in [0, 0.1) is 0 Å². The Morgan fingerprint density at radius 3 is 2.57 bits per heavy atom. The maximum Gasteiger partial charge on any atom is 0.408 e. The third-order valence-electron chi connectivity index (χ3n) is 2.78. The van der Waals surface area contributed by atoms with Crippen LogP contribution in [0.4, 0.5) is 4.79 Å². The van der Waals surface area contributed by atoms with Gasteiger partial charge in [0, 0.05) is 18.7 Å². The molecule has 0 saturated heterocycles. The van der Waals surface area contributed by atoms with E-state index in [9.17, 15) is 14.7 Å². The predicted octanol–water partition coefficient (Wildman–Crippen LogP) is 1.75. The lowest BCUT2D eigenvalue weighted by atomic mass is 10.1. The molecule has 7 nitrogen and oxygen atoms in total. The minimum Gasteiger partial charge on any atom is -0.506 e. The Balaban J connectivity index is 2.77. The van der Waals surface area contributed by atoms with Gasteiger partial charge in [-0.3, -0.25) is 9.78 Å². The second kappa shape index (κ2) is 8.36. The number of carbonyl (C=O) groups excluding carboxylic acids is 2. The van der Waals surface area contributed by atoms with Crippen molar-refractivity contribution in [2.24, 2.45) is 0 Å². The van der Waals surface area contributed by atoms with E-state index in [1.54, 1.807) is 26.8 Å². The van der Waals surface area contributed by atoms with Gasteiger partial charge in [0.15, 0.2) is 0 Å². The minimum absolute atomic E-state index is 0.0424. The van der Waals surface area contributed by atoms with E-state index in [1.165, 1.54) is 12.3 Å². The number of alkyl carbamates (subject to hydrolysis) is 1. The van der Waals surface area contributed by atoms with Crippen LogP contribution in [0.2, 0.25) is 0 Å². The molecule has 3 N–H and O–H groups in total. The average molecular weight is 323 g/mol. The van der Waals surface area contributed by atoms with Crippen LogP contribution in [-0.2, 0) is 16.0 Å². The minimum atomic E-state index is -0.798. The van der Waals surface area contributed by atoms with Crippen molar-refractivity contribution < 1.29 is 19.4 Å². The first-order chi connectivity index (χ1) is 10.7. The highest BCUT2D eigenvalue weighted by molar-refractivity contribution is 5.85. The normalized spacial score (nSPS) is 12.3. The van der Waals surface area contributed by atoms with Gasteiger partial charge in [0.2, 0.25) is 5.91 Å². The van der Waals surface area contributed by atoms with Gasteiger partial charge in [-0.1, -0.05) is 6.92 Å². The van der Waals surface area contributed by atoms with Gasteiger partial charge in [0.25, 0.3) is 0 Å². The summed E-state index contributed by atoms with van der Waals surface area (Å²) in [5, 5.41) is 14.6. The molecule has 2 amide bonds. The number of rotatable bonds is 6. The Hall–Kier alpha value is -2.31. The van der Waals surface area contributed by atoms with E-state index in [0.717, 1.165) is 6.42 Å². The maximum absolute atomic E-state index is 12.2. The number of ether oxygens (including phenoxy) is 1. The van der Waals surface area contributed by atoms with Crippen LogP contribution in [0.5, 0.6) is 5.75 Å². The maximum atomic E-state index is 12.2. The molecule has 7 heteroatoms. The smallest absolute Gasteiger partial charge is 0.408 e. The number of nitrogens with one attached hydrogen (secondary N) is 2. The second-order valence-corrected chi connectivity index (χ2v) is 6.20. The van der Waals surface area contributed by atoms with Gasteiger partial charge in [-0.05, 0) is 39.3 Å². The van der Waals surface area contributed by atoms with Crippen molar-refractivity contribution in [3.05, 3.63) is 24.0 Å². The zero-order valence-electron chi connectivity index (χ0n) is 14.0. The third kappa shape index (κ3) is 7.49. The lowest BCUT2D eigenvalue weighted by Crippen LogP contribution is -2.49. The fourth-order valence-electron chi connectivity index (χ4n) is 1.78. The molecular formula is C16H25N3O4. The van der Waals surface area contributed by atoms with E-state index in [2.05, 4.69) is 15.6 Å². The molecule has 0 fully saturated rings. The molecule has 23 heavy (non-hydrogen) atoms. The summed E-state index contributed by atoms with van der Waals surface area (Å²) in [6, 6.07) is 2.29. The average Bonchev–Trinajstić information content (AvgIpc) is 2.44. The summed E-state index contributed by atoms with van der Waals surface area (Å²) >= 11 is 0. The summed E-state index contributed by atoms with van der Waals surface area (Å²) in [5.41, 5.74) is -0.0683. The highest BCUT2D eigenvalue weighted by Crippen LogP contribution is 2.10. The van der Waals surface area contributed by atoms with Gasteiger partial charge >= 0.3 is 6.09 Å². The van der Waals surface area contributed by atoms with Gasteiger partial charge in [-0.15, -0.1) is 0 Å². The number of carbonyl (C=O) groups is 2. The van der Waals surface area contributed by atoms with Crippen molar-refractivity contribution in [1.29, 1.82) is 0 Å². The number of pyridine rings is 1. The fraction of sp³-hybridized carbons (Fsp3) is 0.562. The lowest BCUT2D eigenvalue weighted by Gasteiger charge is -2.23. The molecule has 0 aliphatic heterocycles. The Morgan fingerprint density at radius 1 is 1.35 bits per heavy atom. The first kappa shape index (κ1) is 18.7. The van der Waals surface area contributed by atoms with E-state index in [1.807, 2.05) is 6.92 Å². The number of hydrogen-bond donors (Lipinski definition) is 3. The Kier molecular flexibility index (Phi) is 6.81. The number of hydrogen-bond acceptors (Lipinski definition) is 5. The van der Waals surface area contributed by atoms with Crippen LogP contribution in [0.25, 0.3) is 0 Å². The van der Waals surface area contributed by atoms with Crippen molar-refractivity contribution in [3.63, 3.8) is 0 Å². The SMILES string of the molecule is CCCNC(=O)C(Cc1ccc(O)cn1)NC(=O)OC(C)(C)C. The van der Waals surface area contributed by atoms with Crippen molar-refractivity contribution in [2.45, 2.75) is 52.2 Å². The van der Waals surface area contributed by atoms with E-state index in [-0.39, 0.29) is 18.1 Å². The largest absolute Gasteiger partial charge is 0.506 e. The van der Waals surface area contributed by atoms with Crippen LogP contribution < -0.4 is 10.6 Å². The third-order valence-corrected chi connectivity index (χ3v) is 2.78. The van der Waals surface area contributed by atoms with Crippen LogP contribution >= 0.6 is 0 Å². The Morgan fingerprint density at radius 2 is 2.04 bits per heavy atom. The monoisotopic (exact) mass is 323 g/mol. The zero-order chi connectivity index (χ0) is 17.5. The first-order valence-electron chi connectivity index (χ1n) is 7.62. The molecule has 128 valence electrons. The van der Waals surface area contributed by atoms with Gasteiger partial charge in [-0.2, -0.15) is 0 Å². The number of aromatic nitrogens is 1. The highest BCUT2D eigenvalue weighted by Gasteiger charge is 2.24. The molecule has 1 unspecified atom stereocenters. The molecular weight excluding hydrogens is 298 g/mol. The van der Waals surface area contributed by atoms with E-state index in [4.69, 9.17) is 4.74 Å². The quantitative estimate of drug-likeness (QED) is 0.740. The Labute approximate surface area is 136 Å². The zero-order valence-corrected chi connectivity index (χ0v) is 14.0. The lowest BCUT2D eigenvalue weighted by molar-refractivity contribution is -0.123. The fourth-order valence-corrected chi connectivity index (χ4v) is 1.78. The molecule has 1 aromatic heterocycles. The van der Waals surface area contributed by atoms with Crippen LogP contribution in [0.1, 0.15) is 39.8 Å². The van der Waals surface area contributed by atoms with Crippen molar-refractivity contribution in [1.82, 2.24) is 15.6 Å². The van der Waals surface area contributed by atoms with Crippen molar-refractivity contribution >= 4 is 12.0 Å². The second-order valence-electron chi connectivity index (χ2n) is 6.20. The summed E-state index contributed by atoms with van der Waals surface area (Å²) in [6.45, 7) is 7.72. The van der Waals surface area contributed by atoms with Gasteiger partial charge in [0.1, 0.15) is 17.4 Å². The highest BCUT2D eigenvalue weighted by atomic mass is 16.6. The van der Waals surface area contributed by atoms with E-state index >= 15 is 0 Å². The van der Waals surface area contributed by atoms with Gasteiger partial charge in [-0.25, -0.2) is 4.79 Å².